The normalized spacial score (nSPS) is 10.4. The van der Waals surface area contributed by atoms with Gasteiger partial charge >= 0.3 is 7.05 Å². The van der Waals surface area contributed by atoms with Gasteiger partial charge in [-0.05, 0) is 43.2 Å². The molecule has 104 valence electrons. The van der Waals surface area contributed by atoms with Crippen LogP contribution in [0.3, 0.4) is 0 Å². The minimum atomic E-state index is -0.693. The standard InChI is InChI=1S/C15H16BClFNO/c1-16(20)19(2)15-10-13(18)8-7-12(15)9-11-5-3-4-6-14(11)17/h3-8,10,20H,9H2,1-2H3. The Morgan fingerprint density at radius 3 is 2.55 bits per heavy atom. The Bertz CT molecular complexity index is 606. The quantitative estimate of drug-likeness (QED) is 0.870. The Morgan fingerprint density at radius 1 is 1.20 bits per heavy atom. The zero-order valence-electron chi connectivity index (χ0n) is 11.5. The highest BCUT2D eigenvalue weighted by atomic mass is 35.5. The Kier molecular flexibility index (Phi) is 4.68. The largest absolute Gasteiger partial charge is 0.432 e. The number of anilines is 1. The number of benzene rings is 2. The molecule has 2 aromatic rings. The molecule has 0 aromatic heterocycles. The van der Waals surface area contributed by atoms with Gasteiger partial charge in [0.25, 0.3) is 0 Å². The summed E-state index contributed by atoms with van der Waals surface area (Å²) in [6.45, 7) is 1.64. The molecule has 0 heterocycles. The summed E-state index contributed by atoms with van der Waals surface area (Å²) in [5.74, 6) is -0.324. The van der Waals surface area contributed by atoms with Gasteiger partial charge in [0, 0.05) is 17.1 Å². The van der Waals surface area contributed by atoms with E-state index in [0.29, 0.717) is 17.1 Å². The summed E-state index contributed by atoms with van der Waals surface area (Å²) in [5, 5.41) is 10.4. The van der Waals surface area contributed by atoms with E-state index in [2.05, 4.69) is 0 Å². The fourth-order valence-electron chi connectivity index (χ4n) is 2.06. The predicted octanol–water partition coefficient (Wildman–Crippen LogP) is 3.62. The third-order valence-corrected chi connectivity index (χ3v) is 3.70. The van der Waals surface area contributed by atoms with Gasteiger partial charge in [0.05, 0.1) is 0 Å². The van der Waals surface area contributed by atoms with Crippen molar-refractivity contribution in [3.05, 3.63) is 64.4 Å². The average molecular weight is 292 g/mol. The zero-order chi connectivity index (χ0) is 14.7. The van der Waals surface area contributed by atoms with E-state index < -0.39 is 7.05 Å². The first-order valence-electron chi connectivity index (χ1n) is 6.42. The Balaban J connectivity index is 2.39. The van der Waals surface area contributed by atoms with Crippen molar-refractivity contribution in [1.82, 2.24) is 0 Å². The van der Waals surface area contributed by atoms with Crippen molar-refractivity contribution in [2.75, 3.05) is 11.9 Å². The maximum Gasteiger partial charge on any atom is 0.409 e. The first kappa shape index (κ1) is 14.9. The van der Waals surface area contributed by atoms with E-state index in [1.165, 1.54) is 12.1 Å². The van der Waals surface area contributed by atoms with Gasteiger partial charge in [-0.2, -0.15) is 0 Å². The summed E-state index contributed by atoms with van der Waals surface area (Å²) in [6.07, 6.45) is 0.590. The van der Waals surface area contributed by atoms with Crippen LogP contribution in [-0.4, -0.2) is 19.1 Å². The summed E-state index contributed by atoms with van der Waals surface area (Å²) in [5.41, 5.74) is 2.56. The molecule has 0 saturated carbocycles. The van der Waals surface area contributed by atoms with Crippen LogP contribution in [0.2, 0.25) is 11.8 Å². The summed E-state index contributed by atoms with van der Waals surface area (Å²) >= 11 is 6.16. The van der Waals surface area contributed by atoms with Crippen molar-refractivity contribution in [2.45, 2.75) is 13.2 Å². The first-order chi connectivity index (χ1) is 9.49. The van der Waals surface area contributed by atoms with Gasteiger partial charge < -0.3 is 9.83 Å². The number of hydrogen-bond acceptors (Lipinski definition) is 2. The lowest BCUT2D eigenvalue weighted by Gasteiger charge is -2.23. The van der Waals surface area contributed by atoms with Crippen LogP contribution in [0.15, 0.2) is 42.5 Å². The Labute approximate surface area is 123 Å². The average Bonchev–Trinajstić information content (AvgIpc) is 2.42. The summed E-state index contributed by atoms with van der Waals surface area (Å²) in [4.78, 5) is 1.63. The SMILES string of the molecule is CB(O)N(C)c1cc(F)ccc1Cc1ccccc1Cl. The second-order valence-corrected chi connectivity index (χ2v) is 5.19. The minimum absolute atomic E-state index is 0.324. The van der Waals surface area contributed by atoms with Gasteiger partial charge in [-0.1, -0.05) is 35.9 Å². The third kappa shape index (κ3) is 3.32. The number of hydrogen-bond donors (Lipinski definition) is 1. The van der Waals surface area contributed by atoms with Gasteiger partial charge in [-0.25, -0.2) is 4.39 Å². The van der Waals surface area contributed by atoms with Crippen molar-refractivity contribution in [3.8, 4) is 0 Å². The maximum absolute atomic E-state index is 13.5. The predicted molar refractivity (Wildman–Crippen MR) is 82.9 cm³/mol. The first-order valence-corrected chi connectivity index (χ1v) is 6.79. The fraction of sp³-hybridized carbons (Fsp3) is 0.200. The van der Waals surface area contributed by atoms with Crippen LogP contribution < -0.4 is 4.81 Å². The number of nitrogens with zero attached hydrogens (tertiary/aromatic N) is 1. The number of halogens is 2. The van der Waals surface area contributed by atoms with E-state index in [1.807, 2.05) is 24.3 Å². The Hall–Kier alpha value is -1.52. The van der Waals surface area contributed by atoms with Crippen molar-refractivity contribution in [3.63, 3.8) is 0 Å². The molecule has 5 heteroatoms. The van der Waals surface area contributed by atoms with Crippen LogP contribution in [0.5, 0.6) is 0 Å². The molecule has 2 nitrogen and oxygen atoms in total. The highest BCUT2D eigenvalue weighted by Crippen LogP contribution is 2.26. The van der Waals surface area contributed by atoms with E-state index in [0.717, 1.165) is 11.1 Å². The van der Waals surface area contributed by atoms with Gasteiger partial charge in [-0.3, -0.25) is 0 Å². The van der Waals surface area contributed by atoms with Crippen molar-refractivity contribution in [1.29, 1.82) is 0 Å². The molecule has 0 aliphatic heterocycles. The van der Waals surface area contributed by atoms with E-state index in [9.17, 15) is 9.41 Å². The Morgan fingerprint density at radius 2 is 1.90 bits per heavy atom. The lowest BCUT2D eigenvalue weighted by Crippen LogP contribution is -2.33. The van der Waals surface area contributed by atoms with E-state index in [1.54, 1.807) is 24.7 Å². The molecule has 0 amide bonds. The molecule has 0 saturated heterocycles. The van der Waals surface area contributed by atoms with Gasteiger partial charge in [-0.15, -0.1) is 0 Å². The maximum atomic E-state index is 13.5. The molecule has 2 rings (SSSR count). The van der Waals surface area contributed by atoms with Crippen molar-refractivity contribution < 1.29 is 9.41 Å². The highest BCUT2D eigenvalue weighted by molar-refractivity contribution is 6.53. The molecule has 1 N–H and O–H groups in total. The monoisotopic (exact) mass is 291 g/mol. The van der Waals surface area contributed by atoms with Gasteiger partial charge in [0.2, 0.25) is 0 Å². The van der Waals surface area contributed by atoms with Crippen LogP contribution in [0.4, 0.5) is 10.1 Å². The van der Waals surface area contributed by atoms with Crippen LogP contribution in [0.25, 0.3) is 0 Å². The molecule has 0 unspecified atom stereocenters. The number of rotatable bonds is 4. The summed E-state index contributed by atoms with van der Waals surface area (Å²) in [7, 11) is 1.04. The van der Waals surface area contributed by atoms with Crippen molar-refractivity contribution >= 4 is 24.3 Å². The van der Waals surface area contributed by atoms with Gasteiger partial charge in [0.15, 0.2) is 0 Å². The second kappa shape index (κ2) is 6.29. The van der Waals surface area contributed by atoms with E-state index >= 15 is 0 Å². The van der Waals surface area contributed by atoms with Crippen LogP contribution >= 0.6 is 11.6 Å². The molecular weight excluding hydrogens is 275 g/mol. The summed E-state index contributed by atoms with van der Waals surface area (Å²) < 4.78 is 13.5. The highest BCUT2D eigenvalue weighted by Gasteiger charge is 2.17. The lowest BCUT2D eigenvalue weighted by molar-refractivity contribution is 0.574. The molecule has 0 aliphatic rings. The minimum Gasteiger partial charge on any atom is -0.432 e. The van der Waals surface area contributed by atoms with Crippen LogP contribution in [-0.2, 0) is 6.42 Å². The molecule has 0 bridgehead atoms. The molecular formula is C15H16BClFNO. The molecule has 0 atom stereocenters. The van der Waals surface area contributed by atoms with Gasteiger partial charge in [0.1, 0.15) is 5.82 Å². The van der Waals surface area contributed by atoms with Crippen LogP contribution in [0.1, 0.15) is 11.1 Å². The molecule has 20 heavy (non-hydrogen) atoms. The zero-order valence-corrected chi connectivity index (χ0v) is 12.2. The molecule has 0 radical (unpaired) electrons. The smallest absolute Gasteiger partial charge is 0.409 e. The molecule has 0 spiro atoms. The lowest BCUT2D eigenvalue weighted by atomic mass is 9.84. The topological polar surface area (TPSA) is 23.5 Å². The second-order valence-electron chi connectivity index (χ2n) is 4.78. The van der Waals surface area contributed by atoms with Crippen molar-refractivity contribution in [2.24, 2.45) is 0 Å². The molecule has 0 fully saturated rings. The molecule has 0 aliphatic carbocycles. The van der Waals surface area contributed by atoms with E-state index in [-0.39, 0.29) is 5.82 Å². The summed E-state index contributed by atoms with van der Waals surface area (Å²) in [6, 6.07) is 12.1. The molecule has 2 aromatic carbocycles. The van der Waals surface area contributed by atoms with Crippen LogP contribution in [0, 0.1) is 5.82 Å². The fourth-order valence-corrected chi connectivity index (χ4v) is 2.27. The van der Waals surface area contributed by atoms with E-state index in [4.69, 9.17) is 11.6 Å². The third-order valence-electron chi connectivity index (χ3n) is 3.33.